The van der Waals surface area contributed by atoms with Crippen LogP contribution in [0.1, 0.15) is 18.2 Å². The summed E-state index contributed by atoms with van der Waals surface area (Å²) in [5, 5.41) is 5.32. The van der Waals surface area contributed by atoms with E-state index in [9.17, 15) is 4.79 Å². The molecule has 1 N–H and O–H groups in total. The number of hydrogen-bond donors (Lipinski definition) is 1. The number of methoxy groups -OCH3 is 1. The molecule has 0 fully saturated rings. The molecule has 0 saturated carbocycles. The summed E-state index contributed by atoms with van der Waals surface area (Å²) in [4.78, 5) is 18.7. The Morgan fingerprint density at radius 3 is 3.17 bits per heavy atom. The molecule has 0 radical (unpaired) electrons. The molecule has 1 aliphatic rings. The Hall–Kier alpha value is -2.12. The number of ether oxygens (including phenoxy) is 2. The van der Waals surface area contributed by atoms with Gasteiger partial charge in [-0.15, -0.1) is 11.3 Å². The molecule has 2 heterocycles. The number of carbonyl (C=O) groups excluding carboxylic acids is 1. The molecular weight excluding hydrogens is 314 g/mol. The number of amides is 2. The molecule has 0 aliphatic carbocycles. The zero-order valence-corrected chi connectivity index (χ0v) is 13.9. The molecular formula is C16H19N3O3S. The van der Waals surface area contributed by atoms with Crippen molar-refractivity contribution in [3.63, 3.8) is 0 Å². The monoisotopic (exact) mass is 333 g/mol. The van der Waals surface area contributed by atoms with Crippen molar-refractivity contribution in [2.24, 2.45) is 0 Å². The zero-order chi connectivity index (χ0) is 16.2. The van der Waals surface area contributed by atoms with E-state index in [0.717, 1.165) is 17.0 Å². The number of rotatable bonds is 3. The van der Waals surface area contributed by atoms with Crippen LogP contribution in [0, 0.1) is 0 Å². The fourth-order valence-electron chi connectivity index (χ4n) is 2.43. The molecule has 0 unspecified atom stereocenters. The molecule has 0 saturated heterocycles. The van der Waals surface area contributed by atoms with Crippen LogP contribution in [0.15, 0.2) is 29.6 Å². The van der Waals surface area contributed by atoms with Crippen LogP contribution < -0.4 is 10.1 Å². The van der Waals surface area contributed by atoms with E-state index in [0.29, 0.717) is 24.9 Å². The first kappa shape index (κ1) is 15.8. The maximum Gasteiger partial charge on any atom is 0.324 e. The van der Waals surface area contributed by atoms with Crippen molar-refractivity contribution >= 4 is 22.5 Å². The fourth-order valence-corrected chi connectivity index (χ4v) is 3.11. The van der Waals surface area contributed by atoms with Crippen LogP contribution in [0.25, 0.3) is 0 Å². The Kier molecular flexibility index (Phi) is 4.78. The van der Waals surface area contributed by atoms with Crippen molar-refractivity contribution in [3.8, 4) is 5.75 Å². The Bertz CT molecular complexity index is 689. The molecule has 2 amide bonds. The Labute approximate surface area is 139 Å². The third kappa shape index (κ3) is 3.62. The third-order valence-corrected chi connectivity index (χ3v) is 4.45. The van der Waals surface area contributed by atoms with Crippen molar-refractivity contribution in [2.75, 3.05) is 19.0 Å². The molecule has 2 aromatic rings. The van der Waals surface area contributed by atoms with Crippen LogP contribution in [0.5, 0.6) is 5.75 Å². The van der Waals surface area contributed by atoms with E-state index >= 15 is 0 Å². The van der Waals surface area contributed by atoms with Crippen molar-refractivity contribution in [1.29, 1.82) is 0 Å². The van der Waals surface area contributed by atoms with Gasteiger partial charge in [0, 0.05) is 18.1 Å². The maximum atomic E-state index is 12.6. The van der Waals surface area contributed by atoms with Gasteiger partial charge in [0.2, 0.25) is 0 Å². The Balaban J connectivity index is 1.72. The molecule has 1 atom stereocenters. The van der Waals surface area contributed by atoms with Gasteiger partial charge in [0.05, 0.1) is 24.9 Å². The van der Waals surface area contributed by atoms with Gasteiger partial charge < -0.3 is 14.4 Å². The minimum absolute atomic E-state index is 0.0270. The number of nitrogens with one attached hydrogen (secondary N) is 1. The summed E-state index contributed by atoms with van der Waals surface area (Å²) in [7, 11) is 1.62. The van der Waals surface area contributed by atoms with Crippen LogP contribution in [0.2, 0.25) is 0 Å². The lowest BCUT2D eigenvalue weighted by atomic mass is 10.2. The molecule has 6 nitrogen and oxygen atoms in total. The van der Waals surface area contributed by atoms with Gasteiger partial charge in [0.1, 0.15) is 12.4 Å². The highest BCUT2D eigenvalue weighted by atomic mass is 32.1. The van der Waals surface area contributed by atoms with Crippen molar-refractivity contribution in [1.82, 2.24) is 9.88 Å². The predicted octanol–water partition coefficient (Wildman–Crippen LogP) is 3.10. The molecule has 7 heteroatoms. The van der Waals surface area contributed by atoms with E-state index in [2.05, 4.69) is 10.3 Å². The zero-order valence-electron chi connectivity index (χ0n) is 13.1. The van der Waals surface area contributed by atoms with Gasteiger partial charge in [0.15, 0.2) is 5.13 Å². The molecule has 0 bridgehead atoms. The average molecular weight is 333 g/mol. The van der Waals surface area contributed by atoms with E-state index < -0.39 is 0 Å². The summed E-state index contributed by atoms with van der Waals surface area (Å²) in [5.41, 5.74) is 1.82. The third-order valence-electron chi connectivity index (χ3n) is 3.64. The SMILES string of the molecule is COCc1csc(NC(=O)N2Cc3ccccc3OC[C@H]2C)n1. The lowest BCUT2D eigenvalue weighted by molar-refractivity contribution is 0.167. The second kappa shape index (κ2) is 6.97. The number of urea groups is 1. The number of thiazole rings is 1. The summed E-state index contributed by atoms with van der Waals surface area (Å²) in [5.74, 6) is 0.839. The van der Waals surface area contributed by atoms with Gasteiger partial charge in [0.25, 0.3) is 0 Å². The number of fused-ring (bicyclic) bond motifs is 1. The second-order valence-corrected chi connectivity index (χ2v) is 6.26. The maximum absolute atomic E-state index is 12.6. The van der Waals surface area contributed by atoms with Crippen LogP contribution in [-0.4, -0.2) is 35.7 Å². The smallest absolute Gasteiger partial charge is 0.324 e. The molecule has 1 aromatic carbocycles. The number of nitrogens with zero attached hydrogens (tertiary/aromatic N) is 2. The summed E-state index contributed by atoms with van der Waals surface area (Å²) >= 11 is 1.39. The lowest BCUT2D eigenvalue weighted by Gasteiger charge is -2.25. The van der Waals surface area contributed by atoms with E-state index in [4.69, 9.17) is 9.47 Å². The largest absolute Gasteiger partial charge is 0.491 e. The number of aromatic nitrogens is 1. The average Bonchev–Trinajstić information content (AvgIpc) is 2.90. The van der Waals surface area contributed by atoms with E-state index in [1.165, 1.54) is 11.3 Å². The highest BCUT2D eigenvalue weighted by Crippen LogP contribution is 2.25. The van der Waals surface area contributed by atoms with Crippen molar-refractivity contribution in [2.45, 2.75) is 26.1 Å². The van der Waals surface area contributed by atoms with E-state index in [1.54, 1.807) is 12.0 Å². The fraction of sp³-hybridized carbons (Fsp3) is 0.375. The molecule has 1 aliphatic heterocycles. The number of para-hydroxylation sites is 1. The van der Waals surface area contributed by atoms with Crippen molar-refractivity contribution < 1.29 is 14.3 Å². The van der Waals surface area contributed by atoms with Crippen LogP contribution in [0.4, 0.5) is 9.93 Å². The molecule has 1 aromatic heterocycles. The minimum atomic E-state index is -0.170. The number of hydrogen-bond acceptors (Lipinski definition) is 5. The van der Waals surface area contributed by atoms with Gasteiger partial charge in [-0.3, -0.25) is 5.32 Å². The first-order valence-electron chi connectivity index (χ1n) is 7.39. The summed E-state index contributed by atoms with van der Waals surface area (Å²) in [6, 6.07) is 7.60. The van der Waals surface area contributed by atoms with Crippen LogP contribution in [0.3, 0.4) is 0 Å². The number of carbonyl (C=O) groups is 1. The van der Waals surface area contributed by atoms with E-state index in [1.807, 2.05) is 36.6 Å². The quantitative estimate of drug-likeness (QED) is 0.937. The minimum Gasteiger partial charge on any atom is -0.491 e. The van der Waals surface area contributed by atoms with Gasteiger partial charge in [-0.1, -0.05) is 18.2 Å². The summed E-state index contributed by atoms with van der Waals surface area (Å²) in [6.45, 7) is 3.40. The van der Waals surface area contributed by atoms with Crippen LogP contribution in [-0.2, 0) is 17.9 Å². The summed E-state index contributed by atoms with van der Waals surface area (Å²) < 4.78 is 10.8. The standard InChI is InChI=1S/C16H19N3O3S/c1-11-8-22-14-6-4-3-5-12(14)7-19(11)16(20)18-15-17-13(9-21-2)10-23-15/h3-6,10-11H,7-9H2,1-2H3,(H,17,18,20)/t11-/m1/s1. The molecule has 23 heavy (non-hydrogen) atoms. The Morgan fingerprint density at radius 2 is 2.35 bits per heavy atom. The van der Waals surface area contributed by atoms with E-state index in [-0.39, 0.29) is 12.1 Å². The molecule has 122 valence electrons. The lowest BCUT2D eigenvalue weighted by Crippen LogP contribution is -2.42. The highest BCUT2D eigenvalue weighted by molar-refractivity contribution is 7.13. The summed E-state index contributed by atoms with van der Waals surface area (Å²) in [6.07, 6.45) is 0. The highest BCUT2D eigenvalue weighted by Gasteiger charge is 2.26. The predicted molar refractivity (Wildman–Crippen MR) is 88.8 cm³/mol. The van der Waals surface area contributed by atoms with Gasteiger partial charge in [-0.2, -0.15) is 0 Å². The molecule has 3 rings (SSSR count). The molecule has 0 spiro atoms. The second-order valence-electron chi connectivity index (χ2n) is 5.40. The number of benzene rings is 1. The van der Waals surface area contributed by atoms with Crippen LogP contribution >= 0.6 is 11.3 Å². The normalized spacial score (nSPS) is 17.1. The first-order chi connectivity index (χ1) is 11.2. The number of anilines is 1. The van der Waals surface area contributed by atoms with Crippen molar-refractivity contribution in [3.05, 3.63) is 40.9 Å². The topological polar surface area (TPSA) is 63.7 Å². The first-order valence-corrected chi connectivity index (χ1v) is 8.27. The Morgan fingerprint density at radius 1 is 1.52 bits per heavy atom. The van der Waals surface area contributed by atoms with Gasteiger partial charge in [-0.25, -0.2) is 9.78 Å². The van der Waals surface area contributed by atoms with Gasteiger partial charge >= 0.3 is 6.03 Å². The van der Waals surface area contributed by atoms with Gasteiger partial charge in [-0.05, 0) is 13.0 Å².